The van der Waals surface area contributed by atoms with Crippen LogP contribution in [0.25, 0.3) is 0 Å². The molecule has 0 bridgehead atoms. The van der Waals surface area contributed by atoms with Gasteiger partial charge in [0.25, 0.3) is 0 Å². The molecule has 0 aliphatic carbocycles. The number of hydrogen-bond acceptors (Lipinski definition) is 12. The minimum atomic E-state index is -1.19. The van der Waals surface area contributed by atoms with Crippen LogP contribution in [-0.4, -0.2) is 138 Å². The van der Waals surface area contributed by atoms with Crippen molar-refractivity contribution < 1.29 is 49.3 Å². The van der Waals surface area contributed by atoms with Gasteiger partial charge in [0, 0.05) is 13.1 Å². The summed E-state index contributed by atoms with van der Waals surface area (Å²) >= 11 is 0. The zero-order valence-electron chi connectivity index (χ0n) is 26.3. The van der Waals surface area contributed by atoms with E-state index in [-0.39, 0.29) is 26.2 Å². The fourth-order valence-electron chi connectivity index (χ4n) is 6.64. The lowest BCUT2D eigenvalue weighted by Gasteiger charge is -2.51. The van der Waals surface area contributed by atoms with Crippen molar-refractivity contribution in [1.82, 2.24) is 19.9 Å². The summed E-state index contributed by atoms with van der Waals surface area (Å²) in [5.74, 6) is -3.78. The molecule has 2 rings (SSSR count). The second-order valence-corrected chi connectivity index (χ2v) is 14.1. The first-order chi connectivity index (χ1) is 19.0. The van der Waals surface area contributed by atoms with Crippen LogP contribution in [0.5, 0.6) is 0 Å². The number of carbonyl (C=O) groups is 4. The molecule has 0 aromatic heterocycles. The van der Waals surface area contributed by atoms with E-state index in [1.165, 1.54) is 9.80 Å². The lowest BCUT2D eigenvalue weighted by atomic mass is 9.80. The number of carbonyl (C=O) groups excluding carboxylic acids is 2. The van der Waals surface area contributed by atoms with Gasteiger partial charge in [0.2, 0.25) is 0 Å². The second-order valence-electron chi connectivity index (χ2n) is 14.1. The number of carboxylic acids is 2. The monoisotopic (exact) mass is 602 g/mol. The fourth-order valence-corrected chi connectivity index (χ4v) is 6.64. The minimum absolute atomic E-state index is 0.0413. The lowest BCUT2D eigenvalue weighted by molar-refractivity contribution is -0.276. The van der Waals surface area contributed by atoms with Crippen LogP contribution < -0.4 is 0 Å². The molecule has 0 spiro atoms. The Morgan fingerprint density at radius 2 is 0.857 bits per heavy atom. The van der Waals surface area contributed by atoms with Crippen LogP contribution in [0.2, 0.25) is 0 Å². The molecular weight excluding hydrogens is 552 g/mol. The Kier molecular flexibility index (Phi) is 11.5. The van der Waals surface area contributed by atoms with Crippen molar-refractivity contribution in [1.29, 1.82) is 0 Å². The van der Waals surface area contributed by atoms with Crippen molar-refractivity contribution in [2.45, 2.75) is 115 Å². The summed E-state index contributed by atoms with van der Waals surface area (Å²) < 4.78 is 0. The smallest absolute Gasteiger partial charge is 0.339 e. The first-order valence-corrected chi connectivity index (χ1v) is 14.3. The Morgan fingerprint density at radius 3 is 1.10 bits per heavy atom. The third kappa shape index (κ3) is 10.1. The van der Waals surface area contributed by atoms with Crippen LogP contribution in [0.15, 0.2) is 0 Å². The van der Waals surface area contributed by atoms with Crippen molar-refractivity contribution >= 4 is 23.9 Å². The topological polar surface area (TPSA) is 181 Å². The van der Waals surface area contributed by atoms with Gasteiger partial charge < -0.3 is 30.1 Å². The lowest BCUT2D eigenvalue weighted by Crippen LogP contribution is -2.62. The summed E-state index contributed by atoms with van der Waals surface area (Å²) in [4.78, 5) is 63.0. The van der Waals surface area contributed by atoms with Gasteiger partial charge in [0.15, 0.2) is 0 Å². The van der Waals surface area contributed by atoms with Crippen molar-refractivity contribution in [2.75, 3.05) is 39.3 Å². The highest BCUT2D eigenvalue weighted by atomic mass is 16.7. The first kappa shape index (κ1) is 35.8. The standard InChI is InChI=1S/C28H50N4O10/c1-25(2)11-19(33)12-26(3,4)31(25)41-23(39)17-29(15-21(35)36)9-10-30(16-22(37)38)18-24(40)42-32-27(5,6)13-20(34)14-28(32,7)8/h19-20,33-34H,9-18H2,1-8H3,(H,35,36)(H,37,38). The molecule has 42 heavy (non-hydrogen) atoms. The number of carboxylic acid groups (broad SMARTS) is 2. The maximum absolute atomic E-state index is 13.0. The van der Waals surface area contributed by atoms with Crippen LogP contribution in [0.4, 0.5) is 0 Å². The average Bonchev–Trinajstić information content (AvgIpc) is 2.74. The zero-order chi connectivity index (χ0) is 32.3. The molecule has 0 saturated carbocycles. The summed E-state index contributed by atoms with van der Waals surface area (Å²) in [7, 11) is 0. The van der Waals surface area contributed by atoms with Gasteiger partial charge >= 0.3 is 23.9 Å². The number of nitrogens with zero attached hydrogens (tertiary/aromatic N) is 4. The molecule has 2 aliphatic heterocycles. The number of aliphatic carboxylic acids is 2. The first-order valence-electron chi connectivity index (χ1n) is 14.3. The van der Waals surface area contributed by atoms with Gasteiger partial charge in [0.1, 0.15) is 0 Å². The van der Waals surface area contributed by atoms with Crippen molar-refractivity contribution in [3.05, 3.63) is 0 Å². The molecule has 2 aliphatic rings. The van der Waals surface area contributed by atoms with Gasteiger partial charge in [-0.3, -0.25) is 19.4 Å². The number of aliphatic hydroxyl groups excluding tert-OH is 2. The normalized spacial score (nSPS) is 22.7. The highest BCUT2D eigenvalue weighted by Crippen LogP contribution is 2.39. The Balaban J connectivity index is 2.08. The fraction of sp³-hybridized carbons (Fsp3) is 0.857. The number of hydrogen-bond donors (Lipinski definition) is 4. The molecule has 2 heterocycles. The molecule has 0 radical (unpaired) electrons. The summed E-state index contributed by atoms with van der Waals surface area (Å²) in [6, 6.07) is 0. The van der Waals surface area contributed by atoms with Crippen molar-refractivity contribution in [3.8, 4) is 0 Å². The van der Waals surface area contributed by atoms with Gasteiger partial charge in [-0.15, -0.1) is 10.1 Å². The summed E-state index contributed by atoms with van der Waals surface area (Å²) in [6.45, 7) is 12.9. The SMILES string of the molecule is CC1(C)CC(O)CC(C)(C)N1OC(=O)CN(CCN(CC(=O)O)CC(=O)ON1C(C)(C)CC(O)CC1(C)C)CC(=O)O. The molecule has 14 heteroatoms. The van der Waals surface area contributed by atoms with Crippen molar-refractivity contribution in [2.24, 2.45) is 0 Å². The average molecular weight is 603 g/mol. The zero-order valence-corrected chi connectivity index (χ0v) is 26.3. The van der Waals surface area contributed by atoms with E-state index in [2.05, 4.69) is 0 Å². The largest absolute Gasteiger partial charge is 0.480 e. The highest BCUT2D eigenvalue weighted by Gasteiger charge is 2.49. The van der Waals surface area contributed by atoms with E-state index in [0.29, 0.717) is 25.7 Å². The minimum Gasteiger partial charge on any atom is -0.480 e. The van der Waals surface area contributed by atoms with Crippen LogP contribution in [0, 0.1) is 0 Å². The Bertz CT molecular complexity index is 885. The van der Waals surface area contributed by atoms with Crippen LogP contribution in [0.3, 0.4) is 0 Å². The quantitative estimate of drug-likeness (QED) is 0.231. The maximum Gasteiger partial charge on any atom is 0.339 e. The van der Waals surface area contributed by atoms with Gasteiger partial charge in [-0.2, -0.15) is 0 Å². The van der Waals surface area contributed by atoms with Crippen LogP contribution in [0.1, 0.15) is 81.1 Å². The number of piperidine rings is 2. The Labute approximate surface area is 248 Å². The molecule has 242 valence electrons. The highest BCUT2D eigenvalue weighted by molar-refractivity contribution is 5.74. The van der Waals surface area contributed by atoms with Gasteiger partial charge in [-0.1, -0.05) is 0 Å². The molecule has 0 unspecified atom stereocenters. The molecule has 0 aromatic carbocycles. The molecule has 4 N–H and O–H groups in total. The van der Waals surface area contributed by atoms with E-state index in [1.807, 2.05) is 55.4 Å². The van der Waals surface area contributed by atoms with Gasteiger partial charge in [-0.25, -0.2) is 9.59 Å². The third-order valence-electron chi connectivity index (χ3n) is 7.68. The molecule has 2 fully saturated rings. The van der Waals surface area contributed by atoms with E-state index in [1.54, 1.807) is 10.1 Å². The van der Waals surface area contributed by atoms with Gasteiger partial charge in [0.05, 0.1) is 60.5 Å². The molecule has 0 aromatic rings. The molecule has 0 atom stereocenters. The number of hydroxylamine groups is 4. The predicted octanol–water partition coefficient (Wildman–Crippen LogP) is 0.704. The van der Waals surface area contributed by atoms with Crippen molar-refractivity contribution in [3.63, 3.8) is 0 Å². The van der Waals surface area contributed by atoms with E-state index in [9.17, 15) is 39.6 Å². The van der Waals surface area contributed by atoms with Crippen LogP contribution in [-0.2, 0) is 28.9 Å². The molecular formula is C28H50N4O10. The van der Waals surface area contributed by atoms with E-state index >= 15 is 0 Å². The van der Waals surface area contributed by atoms with E-state index in [0.717, 1.165) is 0 Å². The summed E-state index contributed by atoms with van der Waals surface area (Å²) in [5.41, 5.74) is -2.66. The molecule has 2 saturated heterocycles. The number of rotatable bonds is 13. The Morgan fingerprint density at radius 1 is 0.595 bits per heavy atom. The Hall–Kier alpha value is -2.36. The maximum atomic E-state index is 13.0. The predicted molar refractivity (Wildman–Crippen MR) is 151 cm³/mol. The van der Waals surface area contributed by atoms with Crippen LogP contribution >= 0.6 is 0 Å². The summed E-state index contributed by atoms with van der Waals surface area (Å²) in [5, 5.41) is 42.4. The van der Waals surface area contributed by atoms with E-state index in [4.69, 9.17) is 9.68 Å². The molecule has 14 nitrogen and oxygen atoms in total. The third-order valence-corrected chi connectivity index (χ3v) is 7.68. The molecule has 0 amide bonds. The van der Waals surface area contributed by atoms with Gasteiger partial charge in [-0.05, 0) is 81.1 Å². The summed E-state index contributed by atoms with van der Waals surface area (Å²) in [6.07, 6.45) is 0.423. The second kappa shape index (κ2) is 13.5. The number of aliphatic hydroxyl groups is 2. The van der Waals surface area contributed by atoms with E-state index < -0.39 is 71.3 Å².